The van der Waals surface area contributed by atoms with E-state index in [1.165, 1.54) is 5.56 Å². The molecular weight excluding hydrogens is 608 g/mol. The molecule has 49 heavy (non-hydrogen) atoms. The number of nitrogens with zero attached hydrogens (tertiary/aromatic N) is 2. The van der Waals surface area contributed by atoms with Gasteiger partial charge in [-0.2, -0.15) is 0 Å². The Morgan fingerprint density at radius 1 is 0.755 bits per heavy atom. The lowest BCUT2D eigenvalue weighted by atomic mass is 9.86. The highest BCUT2D eigenvalue weighted by atomic mass is 16.5. The van der Waals surface area contributed by atoms with Gasteiger partial charge in [-0.3, -0.25) is 4.79 Å². The monoisotopic (exact) mass is 638 g/mol. The number of hydrogen-bond acceptors (Lipinski definition) is 5. The Kier molecular flexibility index (Phi) is 6.83. The van der Waals surface area contributed by atoms with Crippen molar-refractivity contribution in [2.45, 2.75) is 19.4 Å². The number of phenols is 1. The van der Waals surface area contributed by atoms with Gasteiger partial charge in [0.25, 0.3) is 0 Å². The second-order valence-electron chi connectivity index (χ2n) is 12.4. The second kappa shape index (κ2) is 11.6. The topological polar surface area (TPSA) is 104 Å². The van der Waals surface area contributed by atoms with Crippen molar-refractivity contribution < 1.29 is 14.6 Å². The third-order valence-electron chi connectivity index (χ3n) is 9.30. The van der Waals surface area contributed by atoms with E-state index in [0.29, 0.717) is 17.6 Å². The van der Waals surface area contributed by atoms with E-state index in [-0.39, 0.29) is 17.9 Å². The lowest BCUT2D eigenvalue weighted by Crippen LogP contribution is -2.04. The lowest BCUT2D eigenvalue weighted by Gasteiger charge is -2.22. The summed E-state index contributed by atoms with van der Waals surface area (Å²) in [6, 6.07) is 35.9. The Morgan fingerprint density at radius 3 is 2.12 bits per heavy atom. The van der Waals surface area contributed by atoms with Crippen LogP contribution in [0.25, 0.3) is 72.8 Å². The van der Waals surface area contributed by atoms with Crippen LogP contribution in [0.5, 0.6) is 11.5 Å². The first kappa shape index (κ1) is 28.7. The molecule has 0 bridgehead atoms. The molecule has 0 saturated carbocycles. The number of aromatic amines is 2. The van der Waals surface area contributed by atoms with Crippen molar-refractivity contribution in [2.75, 3.05) is 0 Å². The minimum Gasteiger partial charge on any atom is -0.507 e. The molecule has 0 atom stereocenters. The van der Waals surface area contributed by atoms with Gasteiger partial charge in [0.1, 0.15) is 29.8 Å². The maximum atomic E-state index is 12.1. The molecule has 9 rings (SSSR count). The van der Waals surface area contributed by atoms with Crippen LogP contribution in [0.1, 0.15) is 33.5 Å². The minimum atomic E-state index is -0.0509. The number of H-pyrrole nitrogens is 2. The number of benzene rings is 6. The van der Waals surface area contributed by atoms with Crippen LogP contribution in [0.2, 0.25) is 0 Å². The third-order valence-corrected chi connectivity index (χ3v) is 9.30. The first-order valence-corrected chi connectivity index (χ1v) is 16.3. The maximum Gasteiger partial charge on any atom is 0.153 e. The fourth-order valence-electron chi connectivity index (χ4n) is 6.96. The van der Waals surface area contributed by atoms with E-state index in [4.69, 9.17) is 14.7 Å². The molecule has 0 radical (unpaired) electrons. The molecule has 0 spiro atoms. The Bertz CT molecular complexity index is 2450. The van der Waals surface area contributed by atoms with Crippen LogP contribution in [-0.4, -0.2) is 31.3 Å². The van der Waals surface area contributed by atoms with E-state index >= 15 is 0 Å². The number of para-hydroxylation sites is 4. The number of carbonyl (C=O) groups excluding carboxylic acids is 1. The molecule has 8 aromatic rings. The van der Waals surface area contributed by atoms with Gasteiger partial charge in [-0.15, -0.1) is 0 Å². The van der Waals surface area contributed by atoms with E-state index in [2.05, 4.69) is 46.4 Å². The van der Waals surface area contributed by atoms with E-state index < -0.39 is 0 Å². The summed E-state index contributed by atoms with van der Waals surface area (Å²) in [6.45, 7) is 0.239. The number of nitrogens with one attached hydrogen (secondary N) is 2. The zero-order valence-electron chi connectivity index (χ0n) is 26.4. The first-order chi connectivity index (χ1) is 24.1. The van der Waals surface area contributed by atoms with E-state index in [0.717, 1.165) is 85.1 Å². The zero-order valence-corrected chi connectivity index (χ0v) is 26.4. The van der Waals surface area contributed by atoms with Crippen LogP contribution < -0.4 is 4.74 Å². The van der Waals surface area contributed by atoms with Crippen molar-refractivity contribution in [2.24, 2.45) is 0 Å². The molecule has 0 unspecified atom stereocenters. The summed E-state index contributed by atoms with van der Waals surface area (Å²) in [5, 5.41) is 13.3. The predicted octanol–water partition coefficient (Wildman–Crippen LogP) is 9.65. The maximum absolute atomic E-state index is 12.1. The van der Waals surface area contributed by atoms with Gasteiger partial charge >= 0.3 is 0 Å². The summed E-state index contributed by atoms with van der Waals surface area (Å²) in [4.78, 5) is 28.8. The number of aryl methyl sites for hydroxylation is 1. The van der Waals surface area contributed by atoms with Crippen molar-refractivity contribution in [1.82, 2.24) is 19.9 Å². The van der Waals surface area contributed by atoms with Crippen molar-refractivity contribution in [3.8, 4) is 45.4 Å². The summed E-state index contributed by atoms with van der Waals surface area (Å²) in [5.74, 6) is 2.07. The van der Waals surface area contributed by atoms with Crippen LogP contribution in [0, 0.1) is 0 Å². The number of imidazole rings is 2. The van der Waals surface area contributed by atoms with Crippen LogP contribution in [0.4, 0.5) is 0 Å². The van der Waals surface area contributed by atoms with Gasteiger partial charge in [-0.1, -0.05) is 66.7 Å². The fraction of sp³-hybridized carbons (Fsp3) is 0.0714. The van der Waals surface area contributed by atoms with Crippen LogP contribution in [0.15, 0.2) is 115 Å². The molecule has 0 saturated heterocycles. The van der Waals surface area contributed by atoms with E-state index in [1.807, 2.05) is 78.9 Å². The fourth-order valence-corrected chi connectivity index (χ4v) is 6.96. The Balaban J connectivity index is 1.18. The van der Waals surface area contributed by atoms with Crippen molar-refractivity contribution in [3.05, 3.63) is 138 Å². The SMILES string of the molecule is O=Cc1cc2ccccc2c(-c2c(OCc3cc(-c4nc5ccccc5[nH]4)cc(-c4nc5ccccc5[nH]4)c3)ccc3c2C=CCC3)c1O. The molecule has 1 aliphatic rings. The highest BCUT2D eigenvalue weighted by molar-refractivity contribution is 6.07. The molecule has 7 heteroatoms. The number of carbonyl (C=O) groups is 1. The van der Waals surface area contributed by atoms with Crippen LogP contribution in [-0.2, 0) is 13.0 Å². The standard InChI is InChI=1S/C42H30N4O3/c47-23-30-21-27-10-2-4-12-32(27)39(40(30)48)38-31-11-3-1-9-26(31)17-18-37(38)49-24-25-19-28(41-43-33-13-5-6-14-34(33)44-41)22-29(20-25)42-45-35-15-7-8-16-36(35)46-42/h2-8,10-23,48H,1,9,24H2,(H,43,44)(H,45,46). The van der Waals surface area contributed by atoms with Gasteiger partial charge in [0, 0.05) is 22.3 Å². The second-order valence-corrected chi connectivity index (χ2v) is 12.4. The first-order valence-electron chi connectivity index (χ1n) is 16.3. The molecule has 1 aliphatic carbocycles. The molecule has 0 amide bonds. The van der Waals surface area contributed by atoms with Gasteiger partial charge in [-0.25, -0.2) is 9.97 Å². The number of aromatic hydroxyl groups is 1. The van der Waals surface area contributed by atoms with Gasteiger partial charge < -0.3 is 19.8 Å². The minimum absolute atomic E-state index is 0.0509. The largest absolute Gasteiger partial charge is 0.507 e. The van der Waals surface area contributed by atoms with Gasteiger partial charge in [0.15, 0.2) is 6.29 Å². The summed E-state index contributed by atoms with van der Waals surface area (Å²) >= 11 is 0. The van der Waals surface area contributed by atoms with Crippen LogP contribution in [0.3, 0.4) is 0 Å². The molecule has 0 fully saturated rings. The Labute approximate surface area is 281 Å². The average Bonchev–Trinajstić information content (AvgIpc) is 3.79. The van der Waals surface area contributed by atoms with Crippen molar-refractivity contribution in [3.63, 3.8) is 0 Å². The normalized spacial score (nSPS) is 12.5. The van der Waals surface area contributed by atoms with Gasteiger partial charge in [0.05, 0.1) is 27.6 Å². The molecule has 2 aromatic heterocycles. The third kappa shape index (κ3) is 5.03. The lowest BCUT2D eigenvalue weighted by molar-refractivity contribution is 0.112. The number of aromatic nitrogens is 4. The van der Waals surface area contributed by atoms with Crippen molar-refractivity contribution >= 4 is 45.2 Å². The van der Waals surface area contributed by atoms with Crippen molar-refractivity contribution in [1.29, 1.82) is 0 Å². The molecule has 3 N–H and O–H groups in total. The summed E-state index contributed by atoms with van der Waals surface area (Å²) < 4.78 is 6.73. The molecule has 2 heterocycles. The summed E-state index contributed by atoms with van der Waals surface area (Å²) in [6.07, 6.45) is 6.78. The highest BCUT2D eigenvalue weighted by Crippen LogP contribution is 2.47. The zero-order chi connectivity index (χ0) is 32.9. The molecule has 7 nitrogen and oxygen atoms in total. The molecule has 236 valence electrons. The highest BCUT2D eigenvalue weighted by Gasteiger charge is 2.23. The summed E-state index contributed by atoms with van der Waals surface area (Å²) in [5.41, 5.74) is 10.2. The van der Waals surface area contributed by atoms with Gasteiger partial charge in [-0.05, 0) is 94.9 Å². The smallest absolute Gasteiger partial charge is 0.153 e. The molecule has 6 aromatic carbocycles. The number of allylic oxidation sites excluding steroid dienone is 1. The van der Waals surface area contributed by atoms with E-state index in [9.17, 15) is 9.90 Å². The van der Waals surface area contributed by atoms with Crippen LogP contribution >= 0.6 is 0 Å². The number of ether oxygens (including phenoxy) is 1. The predicted molar refractivity (Wildman–Crippen MR) is 195 cm³/mol. The number of phenolic OH excluding ortho intramolecular Hbond substituents is 1. The Hall–Kier alpha value is -6.47. The molecular formula is C42H30N4O3. The number of fused-ring (bicyclic) bond motifs is 4. The van der Waals surface area contributed by atoms with Gasteiger partial charge in [0.2, 0.25) is 0 Å². The number of hydrogen-bond donors (Lipinski definition) is 3. The Morgan fingerprint density at radius 2 is 1.43 bits per heavy atom. The number of rotatable bonds is 7. The van der Waals surface area contributed by atoms with E-state index in [1.54, 1.807) is 6.07 Å². The summed E-state index contributed by atoms with van der Waals surface area (Å²) in [7, 11) is 0. The number of aldehydes is 1. The quantitative estimate of drug-likeness (QED) is 0.151. The molecule has 0 aliphatic heterocycles. The average molecular weight is 639 g/mol.